The predicted molar refractivity (Wildman–Crippen MR) is 72.2 cm³/mol. The SMILES string of the molecule is CCC1CCN(c2ccnc(CNC)c2)CC1. The van der Waals surface area contributed by atoms with Crippen LogP contribution in [0.15, 0.2) is 18.3 Å². The molecule has 17 heavy (non-hydrogen) atoms. The maximum atomic E-state index is 4.37. The number of pyridine rings is 1. The van der Waals surface area contributed by atoms with Crippen LogP contribution >= 0.6 is 0 Å². The lowest BCUT2D eigenvalue weighted by atomic mass is 9.94. The van der Waals surface area contributed by atoms with E-state index in [2.05, 4.69) is 34.3 Å². The fourth-order valence-corrected chi connectivity index (χ4v) is 2.54. The molecule has 2 heterocycles. The molecule has 1 aromatic heterocycles. The van der Waals surface area contributed by atoms with Gasteiger partial charge in [-0.3, -0.25) is 4.98 Å². The molecule has 0 aliphatic carbocycles. The van der Waals surface area contributed by atoms with Gasteiger partial charge in [-0.25, -0.2) is 0 Å². The Morgan fingerprint density at radius 2 is 2.18 bits per heavy atom. The molecule has 2 rings (SSSR count). The second kappa shape index (κ2) is 6.01. The zero-order chi connectivity index (χ0) is 12.1. The molecule has 0 radical (unpaired) electrons. The van der Waals surface area contributed by atoms with Crippen molar-refractivity contribution in [1.29, 1.82) is 0 Å². The Morgan fingerprint density at radius 3 is 2.82 bits per heavy atom. The summed E-state index contributed by atoms with van der Waals surface area (Å²) in [7, 11) is 1.96. The summed E-state index contributed by atoms with van der Waals surface area (Å²) in [5, 5.41) is 3.15. The van der Waals surface area contributed by atoms with Crippen molar-refractivity contribution in [2.45, 2.75) is 32.7 Å². The van der Waals surface area contributed by atoms with Gasteiger partial charge in [0.05, 0.1) is 5.69 Å². The van der Waals surface area contributed by atoms with Gasteiger partial charge in [-0.15, -0.1) is 0 Å². The van der Waals surface area contributed by atoms with E-state index in [4.69, 9.17) is 0 Å². The molecule has 0 atom stereocenters. The maximum absolute atomic E-state index is 4.37. The number of nitrogens with one attached hydrogen (secondary N) is 1. The molecule has 1 fully saturated rings. The van der Waals surface area contributed by atoms with E-state index < -0.39 is 0 Å². The lowest BCUT2D eigenvalue weighted by molar-refractivity contribution is 0.395. The van der Waals surface area contributed by atoms with Crippen molar-refractivity contribution in [3.05, 3.63) is 24.0 Å². The minimum atomic E-state index is 0.846. The van der Waals surface area contributed by atoms with Crippen molar-refractivity contribution in [2.75, 3.05) is 25.0 Å². The summed E-state index contributed by atoms with van der Waals surface area (Å²) in [6.45, 7) is 5.54. The average molecular weight is 233 g/mol. The standard InChI is InChI=1S/C14H23N3/c1-3-12-5-8-17(9-6-12)14-4-7-16-13(10-14)11-15-2/h4,7,10,12,15H,3,5-6,8-9,11H2,1-2H3. The Balaban J connectivity index is 2.00. The molecule has 1 N–H and O–H groups in total. The number of anilines is 1. The topological polar surface area (TPSA) is 28.2 Å². The number of hydrogen-bond acceptors (Lipinski definition) is 3. The second-order valence-corrected chi connectivity index (χ2v) is 4.87. The summed E-state index contributed by atoms with van der Waals surface area (Å²) >= 11 is 0. The van der Waals surface area contributed by atoms with Crippen LogP contribution in [0.1, 0.15) is 31.9 Å². The summed E-state index contributed by atoms with van der Waals surface area (Å²) in [5.41, 5.74) is 2.46. The largest absolute Gasteiger partial charge is 0.371 e. The Kier molecular flexibility index (Phi) is 4.37. The molecule has 0 saturated carbocycles. The van der Waals surface area contributed by atoms with Gasteiger partial charge in [-0.1, -0.05) is 13.3 Å². The van der Waals surface area contributed by atoms with Gasteiger partial charge in [0.1, 0.15) is 0 Å². The van der Waals surface area contributed by atoms with E-state index in [9.17, 15) is 0 Å². The van der Waals surface area contributed by atoms with Crippen LogP contribution < -0.4 is 10.2 Å². The van der Waals surface area contributed by atoms with E-state index in [0.29, 0.717) is 0 Å². The quantitative estimate of drug-likeness (QED) is 0.865. The van der Waals surface area contributed by atoms with Crippen LogP contribution in [0.2, 0.25) is 0 Å². The van der Waals surface area contributed by atoms with Crippen LogP contribution in [0.4, 0.5) is 5.69 Å². The molecule has 3 nitrogen and oxygen atoms in total. The highest BCUT2D eigenvalue weighted by Gasteiger charge is 2.18. The normalized spacial score (nSPS) is 17.4. The highest BCUT2D eigenvalue weighted by atomic mass is 15.1. The second-order valence-electron chi connectivity index (χ2n) is 4.87. The summed E-state index contributed by atoms with van der Waals surface area (Å²) in [5.74, 6) is 0.935. The Bertz CT molecular complexity index is 343. The maximum Gasteiger partial charge on any atom is 0.0562 e. The van der Waals surface area contributed by atoms with Gasteiger partial charge in [0.15, 0.2) is 0 Å². The first-order valence-corrected chi connectivity index (χ1v) is 6.68. The first-order chi connectivity index (χ1) is 8.33. The first-order valence-electron chi connectivity index (χ1n) is 6.68. The van der Waals surface area contributed by atoms with Crippen molar-refractivity contribution in [3.63, 3.8) is 0 Å². The van der Waals surface area contributed by atoms with Gasteiger partial charge in [-0.05, 0) is 37.9 Å². The Labute approximate surface area is 104 Å². The lowest BCUT2D eigenvalue weighted by Gasteiger charge is -2.33. The van der Waals surface area contributed by atoms with E-state index in [-0.39, 0.29) is 0 Å². The molecule has 1 aliphatic heterocycles. The van der Waals surface area contributed by atoms with Gasteiger partial charge in [0, 0.05) is 31.5 Å². The van der Waals surface area contributed by atoms with Gasteiger partial charge < -0.3 is 10.2 Å². The van der Waals surface area contributed by atoms with Crippen molar-refractivity contribution in [2.24, 2.45) is 5.92 Å². The minimum Gasteiger partial charge on any atom is -0.371 e. The molecule has 1 saturated heterocycles. The molecule has 94 valence electrons. The van der Waals surface area contributed by atoms with Crippen LogP contribution in [0.3, 0.4) is 0 Å². The van der Waals surface area contributed by atoms with E-state index in [1.807, 2.05) is 13.2 Å². The first kappa shape index (κ1) is 12.4. The summed E-state index contributed by atoms with van der Waals surface area (Å²) in [6.07, 6.45) is 5.92. The van der Waals surface area contributed by atoms with Crippen LogP contribution in [-0.2, 0) is 6.54 Å². The van der Waals surface area contributed by atoms with E-state index in [1.54, 1.807) is 0 Å². The Morgan fingerprint density at radius 1 is 1.41 bits per heavy atom. The number of nitrogens with zero attached hydrogens (tertiary/aromatic N) is 2. The van der Waals surface area contributed by atoms with Crippen LogP contribution in [0, 0.1) is 5.92 Å². The molecule has 3 heteroatoms. The molecule has 1 aliphatic rings. The monoisotopic (exact) mass is 233 g/mol. The molecule has 0 unspecified atom stereocenters. The summed E-state index contributed by atoms with van der Waals surface area (Å²) in [4.78, 5) is 6.86. The lowest BCUT2D eigenvalue weighted by Crippen LogP contribution is -2.33. The van der Waals surface area contributed by atoms with Crippen molar-refractivity contribution in [1.82, 2.24) is 10.3 Å². The zero-order valence-electron chi connectivity index (χ0n) is 10.9. The predicted octanol–water partition coefficient (Wildman–Crippen LogP) is 2.43. The third kappa shape index (κ3) is 3.19. The summed E-state index contributed by atoms with van der Waals surface area (Å²) < 4.78 is 0. The van der Waals surface area contributed by atoms with Crippen LogP contribution in [0.25, 0.3) is 0 Å². The molecule has 0 spiro atoms. The van der Waals surface area contributed by atoms with Gasteiger partial charge in [-0.2, -0.15) is 0 Å². The molecular formula is C14H23N3. The average Bonchev–Trinajstić information content (AvgIpc) is 2.40. The van der Waals surface area contributed by atoms with Crippen LogP contribution in [-0.4, -0.2) is 25.1 Å². The fourth-order valence-electron chi connectivity index (χ4n) is 2.54. The van der Waals surface area contributed by atoms with E-state index >= 15 is 0 Å². The van der Waals surface area contributed by atoms with Crippen LogP contribution in [0.5, 0.6) is 0 Å². The molecule has 0 bridgehead atoms. The smallest absolute Gasteiger partial charge is 0.0562 e. The minimum absolute atomic E-state index is 0.846. The van der Waals surface area contributed by atoms with Gasteiger partial charge >= 0.3 is 0 Å². The third-order valence-electron chi connectivity index (χ3n) is 3.72. The summed E-state index contributed by atoms with van der Waals surface area (Å²) in [6, 6.07) is 4.34. The van der Waals surface area contributed by atoms with Gasteiger partial charge in [0.25, 0.3) is 0 Å². The fraction of sp³-hybridized carbons (Fsp3) is 0.643. The zero-order valence-corrected chi connectivity index (χ0v) is 10.9. The molecule has 0 amide bonds. The number of rotatable bonds is 4. The van der Waals surface area contributed by atoms with Crippen molar-refractivity contribution < 1.29 is 0 Å². The molecular weight excluding hydrogens is 210 g/mol. The highest BCUT2D eigenvalue weighted by Crippen LogP contribution is 2.24. The molecule has 0 aromatic carbocycles. The third-order valence-corrected chi connectivity index (χ3v) is 3.72. The van der Waals surface area contributed by atoms with Crippen molar-refractivity contribution >= 4 is 5.69 Å². The molecule has 1 aromatic rings. The van der Waals surface area contributed by atoms with E-state index in [1.165, 1.54) is 38.0 Å². The highest BCUT2D eigenvalue weighted by molar-refractivity contribution is 5.46. The Hall–Kier alpha value is -1.09. The van der Waals surface area contributed by atoms with Gasteiger partial charge in [0.2, 0.25) is 0 Å². The number of piperidine rings is 1. The number of aromatic nitrogens is 1. The van der Waals surface area contributed by atoms with Crippen molar-refractivity contribution in [3.8, 4) is 0 Å². The number of hydrogen-bond donors (Lipinski definition) is 1. The van der Waals surface area contributed by atoms with E-state index in [0.717, 1.165) is 18.2 Å².